The maximum absolute atomic E-state index is 10.8. The molecule has 0 saturated heterocycles. The molecule has 0 saturated carbocycles. The second kappa shape index (κ2) is 5.77. The van der Waals surface area contributed by atoms with E-state index in [2.05, 4.69) is 15.3 Å². The van der Waals surface area contributed by atoms with Crippen molar-refractivity contribution >= 4 is 23.7 Å². The summed E-state index contributed by atoms with van der Waals surface area (Å²) in [6.45, 7) is 4.16. The van der Waals surface area contributed by atoms with E-state index in [4.69, 9.17) is 16.7 Å². The highest BCUT2D eigenvalue weighted by Crippen LogP contribution is 2.19. The smallest absolute Gasteiger partial charge is 0.156 e. The third kappa shape index (κ3) is 3.15. The number of aliphatic hydroxyl groups is 1. The van der Waals surface area contributed by atoms with Crippen molar-refractivity contribution < 1.29 is 9.90 Å². The van der Waals surface area contributed by atoms with Gasteiger partial charge in [0.25, 0.3) is 0 Å². The first kappa shape index (κ1) is 12.9. The Morgan fingerprint density at radius 3 is 2.81 bits per heavy atom. The van der Waals surface area contributed by atoms with Gasteiger partial charge in [-0.3, -0.25) is 4.79 Å². The fourth-order valence-corrected chi connectivity index (χ4v) is 1.38. The largest absolute Gasteiger partial charge is 0.396 e. The summed E-state index contributed by atoms with van der Waals surface area (Å²) in [5, 5.41) is 12.0. The fourth-order valence-electron chi connectivity index (χ4n) is 1.12. The van der Waals surface area contributed by atoms with Crippen molar-refractivity contribution in [2.45, 2.75) is 13.8 Å². The Labute approximate surface area is 98.9 Å². The van der Waals surface area contributed by atoms with Crippen LogP contribution in [0.4, 0.5) is 5.82 Å². The van der Waals surface area contributed by atoms with E-state index in [1.807, 2.05) is 6.92 Å². The van der Waals surface area contributed by atoms with Gasteiger partial charge in [0.15, 0.2) is 6.29 Å². The second-order valence-electron chi connectivity index (χ2n) is 3.61. The summed E-state index contributed by atoms with van der Waals surface area (Å²) in [5.41, 5.74) is 0.248. The summed E-state index contributed by atoms with van der Waals surface area (Å²) in [4.78, 5) is 18.8. The van der Waals surface area contributed by atoms with Gasteiger partial charge in [0, 0.05) is 13.2 Å². The molecule has 88 valence electrons. The molecule has 1 atom stereocenters. The summed E-state index contributed by atoms with van der Waals surface area (Å²) in [7, 11) is 0. The van der Waals surface area contributed by atoms with Crippen molar-refractivity contribution in [2.24, 2.45) is 5.92 Å². The Hall–Kier alpha value is -1.20. The van der Waals surface area contributed by atoms with Crippen LogP contribution in [0, 0.1) is 12.8 Å². The zero-order chi connectivity index (χ0) is 12.1. The van der Waals surface area contributed by atoms with Crippen LogP contribution < -0.4 is 5.32 Å². The topological polar surface area (TPSA) is 75.1 Å². The Morgan fingerprint density at radius 1 is 1.56 bits per heavy atom. The molecule has 0 aliphatic rings. The average molecular weight is 244 g/mol. The first-order valence-corrected chi connectivity index (χ1v) is 5.30. The minimum atomic E-state index is 0.0707. The third-order valence-electron chi connectivity index (χ3n) is 2.06. The van der Waals surface area contributed by atoms with E-state index in [1.165, 1.54) is 0 Å². The zero-order valence-electron chi connectivity index (χ0n) is 9.20. The van der Waals surface area contributed by atoms with Crippen LogP contribution in [0.2, 0.25) is 5.15 Å². The van der Waals surface area contributed by atoms with Crippen LogP contribution in [0.5, 0.6) is 0 Å². The van der Waals surface area contributed by atoms with Gasteiger partial charge in [-0.15, -0.1) is 0 Å². The Kier molecular flexibility index (Phi) is 4.64. The van der Waals surface area contributed by atoms with Crippen LogP contribution in [0.25, 0.3) is 0 Å². The minimum Gasteiger partial charge on any atom is -0.396 e. The van der Waals surface area contributed by atoms with Gasteiger partial charge in [-0.1, -0.05) is 18.5 Å². The predicted octanol–water partition coefficient (Wildman–Crippen LogP) is 1.29. The Balaban J connectivity index is 2.89. The molecule has 0 radical (unpaired) electrons. The molecule has 0 aromatic carbocycles. The lowest BCUT2D eigenvalue weighted by Gasteiger charge is -2.12. The van der Waals surface area contributed by atoms with E-state index in [9.17, 15) is 4.79 Å². The number of hydrogen-bond donors (Lipinski definition) is 2. The quantitative estimate of drug-likeness (QED) is 0.602. The van der Waals surface area contributed by atoms with E-state index in [1.54, 1.807) is 6.92 Å². The molecule has 5 nitrogen and oxygen atoms in total. The highest BCUT2D eigenvalue weighted by Gasteiger charge is 2.11. The highest BCUT2D eigenvalue weighted by molar-refractivity contribution is 6.32. The SMILES string of the molecule is Cc1nc(Cl)c(C=O)c(NCC(C)CO)n1. The second-order valence-corrected chi connectivity index (χ2v) is 3.97. The summed E-state index contributed by atoms with van der Waals surface area (Å²) >= 11 is 5.81. The number of hydrogen-bond acceptors (Lipinski definition) is 5. The molecule has 0 amide bonds. The molecular weight excluding hydrogens is 230 g/mol. The lowest BCUT2D eigenvalue weighted by molar-refractivity contribution is 0.112. The number of nitrogens with one attached hydrogen (secondary N) is 1. The maximum atomic E-state index is 10.8. The van der Waals surface area contributed by atoms with Crippen LogP contribution in [0.15, 0.2) is 0 Å². The van der Waals surface area contributed by atoms with Gasteiger partial charge in [-0.2, -0.15) is 0 Å². The number of halogens is 1. The molecule has 1 rings (SSSR count). The molecule has 0 fully saturated rings. The number of aliphatic hydroxyl groups excluding tert-OH is 1. The van der Waals surface area contributed by atoms with E-state index in [-0.39, 0.29) is 23.2 Å². The number of anilines is 1. The highest BCUT2D eigenvalue weighted by atomic mass is 35.5. The maximum Gasteiger partial charge on any atom is 0.156 e. The number of nitrogens with zero attached hydrogens (tertiary/aromatic N) is 2. The van der Waals surface area contributed by atoms with Gasteiger partial charge in [-0.05, 0) is 12.8 Å². The number of carbonyl (C=O) groups excluding carboxylic acids is 1. The summed E-state index contributed by atoms with van der Waals surface area (Å²) in [6, 6.07) is 0. The van der Waals surface area contributed by atoms with Crippen molar-refractivity contribution in [3.05, 3.63) is 16.5 Å². The van der Waals surface area contributed by atoms with Gasteiger partial charge < -0.3 is 10.4 Å². The number of aryl methyl sites for hydroxylation is 1. The fraction of sp³-hybridized carbons (Fsp3) is 0.500. The van der Waals surface area contributed by atoms with E-state index < -0.39 is 0 Å². The molecule has 0 spiro atoms. The zero-order valence-corrected chi connectivity index (χ0v) is 9.95. The van der Waals surface area contributed by atoms with Gasteiger partial charge in [0.2, 0.25) is 0 Å². The van der Waals surface area contributed by atoms with Crippen LogP contribution in [-0.4, -0.2) is 34.5 Å². The Morgan fingerprint density at radius 2 is 2.25 bits per heavy atom. The lowest BCUT2D eigenvalue weighted by Crippen LogP contribution is -2.17. The van der Waals surface area contributed by atoms with E-state index in [0.29, 0.717) is 24.5 Å². The van der Waals surface area contributed by atoms with Gasteiger partial charge in [0.05, 0.1) is 5.56 Å². The number of carbonyl (C=O) groups is 1. The van der Waals surface area contributed by atoms with Crippen LogP contribution in [-0.2, 0) is 0 Å². The summed E-state index contributed by atoms with van der Waals surface area (Å²) in [5.74, 6) is 0.983. The minimum absolute atomic E-state index is 0.0707. The van der Waals surface area contributed by atoms with E-state index >= 15 is 0 Å². The number of aromatic nitrogens is 2. The molecule has 1 aromatic rings. The van der Waals surface area contributed by atoms with Gasteiger partial charge >= 0.3 is 0 Å². The molecule has 1 heterocycles. The molecule has 2 N–H and O–H groups in total. The predicted molar refractivity (Wildman–Crippen MR) is 61.9 cm³/mol. The molecular formula is C10H14ClN3O2. The van der Waals surface area contributed by atoms with Gasteiger partial charge in [-0.25, -0.2) is 9.97 Å². The number of rotatable bonds is 5. The van der Waals surface area contributed by atoms with Crippen molar-refractivity contribution in [2.75, 3.05) is 18.5 Å². The monoisotopic (exact) mass is 243 g/mol. The molecule has 0 aliphatic carbocycles. The van der Waals surface area contributed by atoms with Crippen molar-refractivity contribution in [3.63, 3.8) is 0 Å². The first-order chi connectivity index (χ1) is 7.58. The van der Waals surface area contributed by atoms with Crippen LogP contribution >= 0.6 is 11.6 Å². The average Bonchev–Trinajstić information content (AvgIpc) is 2.25. The molecule has 1 aromatic heterocycles. The normalized spacial score (nSPS) is 12.2. The molecule has 1 unspecified atom stereocenters. The van der Waals surface area contributed by atoms with Crippen molar-refractivity contribution in [3.8, 4) is 0 Å². The summed E-state index contributed by atoms with van der Waals surface area (Å²) in [6.07, 6.45) is 0.619. The third-order valence-corrected chi connectivity index (χ3v) is 2.35. The number of aldehydes is 1. The molecule has 0 aliphatic heterocycles. The van der Waals surface area contributed by atoms with Gasteiger partial charge in [0.1, 0.15) is 16.8 Å². The molecule has 6 heteroatoms. The summed E-state index contributed by atoms with van der Waals surface area (Å²) < 4.78 is 0. The first-order valence-electron chi connectivity index (χ1n) is 4.92. The van der Waals surface area contributed by atoms with Crippen LogP contribution in [0.3, 0.4) is 0 Å². The van der Waals surface area contributed by atoms with E-state index in [0.717, 1.165) is 0 Å². The lowest BCUT2D eigenvalue weighted by atomic mass is 10.2. The Bertz CT molecular complexity index is 385. The van der Waals surface area contributed by atoms with Crippen LogP contribution in [0.1, 0.15) is 23.1 Å². The standard InChI is InChI=1S/C10H14ClN3O2/c1-6(4-15)3-12-10-8(5-16)9(11)13-7(2)14-10/h5-6,15H,3-4H2,1-2H3,(H,12,13,14). The van der Waals surface area contributed by atoms with Crippen molar-refractivity contribution in [1.29, 1.82) is 0 Å². The molecule has 16 heavy (non-hydrogen) atoms. The molecule has 0 bridgehead atoms. The van der Waals surface area contributed by atoms with Crippen molar-refractivity contribution in [1.82, 2.24) is 9.97 Å².